The summed E-state index contributed by atoms with van der Waals surface area (Å²) < 4.78 is 0. The summed E-state index contributed by atoms with van der Waals surface area (Å²) in [6.07, 6.45) is 2.29. The van der Waals surface area contributed by atoms with E-state index in [1.165, 1.54) is 0 Å². The highest BCUT2D eigenvalue weighted by Crippen LogP contribution is 2.11. The van der Waals surface area contributed by atoms with Crippen molar-refractivity contribution in [2.75, 3.05) is 32.7 Å². The summed E-state index contributed by atoms with van der Waals surface area (Å²) >= 11 is 0. The van der Waals surface area contributed by atoms with Gasteiger partial charge in [0.15, 0.2) is 0 Å². The average Bonchev–Trinajstić information content (AvgIpc) is 2.77. The summed E-state index contributed by atoms with van der Waals surface area (Å²) in [5.41, 5.74) is 0.737. The summed E-state index contributed by atoms with van der Waals surface area (Å²) in [7, 11) is 0. The van der Waals surface area contributed by atoms with Gasteiger partial charge in [0.05, 0.1) is 0 Å². The first-order valence-electron chi connectivity index (χ1n) is 5.88. The molecule has 0 radical (unpaired) electrons. The lowest BCUT2D eigenvalue weighted by Crippen LogP contribution is -2.34. The summed E-state index contributed by atoms with van der Waals surface area (Å²) in [6.45, 7) is 12.6. The van der Waals surface area contributed by atoms with Crippen molar-refractivity contribution >= 4 is 5.91 Å². The Morgan fingerprint density at radius 1 is 1.27 bits per heavy atom. The highest BCUT2D eigenvalue weighted by Gasteiger charge is 2.20. The van der Waals surface area contributed by atoms with Gasteiger partial charge in [-0.3, -0.25) is 9.69 Å². The summed E-state index contributed by atoms with van der Waals surface area (Å²) in [4.78, 5) is 16.1. The van der Waals surface area contributed by atoms with Crippen molar-refractivity contribution < 1.29 is 4.79 Å². The molecule has 0 saturated carbocycles. The minimum Gasteiger partial charge on any atom is -0.339 e. The number of nitrogens with zero attached hydrogens (tertiary/aromatic N) is 2. The molecule has 3 nitrogen and oxygen atoms in total. The fourth-order valence-corrected chi connectivity index (χ4v) is 1.93. The zero-order valence-corrected chi connectivity index (χ0v) is 9.96. The van der Waals surface area contributed by atoms with Crippen LogP contribution in [0.2, 0.25) is 0 Å². The number of rotatable bonds is 5. The normalized spacial score (nSPS) is 16.1. The van der Waals surface area contributed by atoms with Crippen LogP contribution in [0.5, 0.6) is 0 Å². The molecule has 1 heterocycles. The minimum absolute atomic E-state index is 0.152. The molecule has 0 unspecified atom stereocenters. The molecule has 0 aromatic rings. The van der Waals surface area contributed by atoms with Gasteiger partial charge in [0, 0.05) is 25.2 Å². The van der Waals surface area contributed by atoms with Crippen molar-refractivity contribution in [2.45, 2.75) is 26.7 Å². The maximum Gasteiger partial charge on any atom is 0.250 e. The number of carbonyl (C=O) groups excluding carboxylic acids is 1. The molecule has 15 heavy (non-hydrogen) atoms. The number of amides is 1. The van der Waals surface area contributed by atoms with Gasteiger partial charge in [-0.2, -0.15) is 0 Å². The molecule has 86 valence electrons. The number of likely N-dealkylation sites (N-methyl/N-ethyl adjacent to an activating group) is 1. The molecule has 3 heteroatoms. The maximum absolute atomic E-state index is 11.9. The SMILES string of the molecule is C=C(CN(CC)CC)C(=O)N1CCCC1. The van der Waals surface area contributed by atoms with E-state index in [1.807, 2.05) is 4.90 Å². The summed E-state index contributed by atoms with van der Waals surface area (Å²) in [6, 6.07) is 0. The van der Waals surface area contributed by atoms with Crippen molar-refractivity contribution in [3.63, 3.8) is 0 Å². The van der Waals surface area contributed by atoms with Crippen molar-refractivity contribution in [3.8, 4) is 0 Å². The molecular weight excluding hydrogens is 188 g/mol. The Morgan fingerprint density at radius 3 is 2.27 bits per heavy atom. The van der Waals surface area contributed by atoms with Gasteiger partial charge in [-0.15, -0.1) is 0 Å². The van der Waals surface area contributed by atoms with Gasteiger partial charge < -0.3 is 4.90 Å². The lowest BCUT2D eigenvalue weighted by Gasteiger charge is -2.22. The zero-order valence-electron chi connectivity index (χ0n) is 9.96. The molecule has 0 aromatic carbocycles. The molecule has 1 rings (SSSR count). The first-order valence-corrected chi connectivity index (χ1v) is 5.88. The van der Waals surface area contributed by atoms with Crippen LogP contribution in [0.3, 0.4) is 0 Å². The Hall–Kier alpha value is -0.830. The van der Waals surface area contributed by atoms with Crippen LogP contribution in [-0.4, -0.2) is 48.4 Å². The predicted molar refractivity (Wildman–Crippen MR) is 62.7 cm³/mol. The van der Waals surface area contributed by atoms with E-state index in [4.69, 9.17) is 0 Å². The Morgan fingerprint density at radius 2 is 1.80 bits per heavy atom. The highest BCUT2D eigenvalue weighted by molar-refractivity contribution is 5.93. The van der Waals surface area contributed by atoms with Gasteiger partial charge in [-0.05, 0) is 25.9 Å². The highest BCUT2D eigenvalue weighted by atomic mass is 16.2. The molecule has 1 amide bonds. The molecule has 1 aliphatic rings. The summed E-state index contributed by atoms with van der Waals surface area (Å²) in [5, 5.41) is 0. The third kappa shape index (κ3) is 3.34. The molecule has 1 aliphatic heterocycles. The number of hydrogen-bond donors (Lipinski definition) is 0. The van der Waals surface area contributed by atoms with Crippen LogP contribution < -0.4 is 0 Å². The second kappa shape index (κ2) is 5.91. The average molecular weight is 210 g/mol. The van der Waals surface area contributed by atoms with Crippen LogP contribution in [0.1, 0.15) is 26.7 Å². The second-order valence-corrected chi connectivity index (χ2v) is 4.06. The fourth-order valence-electron chi connectivity index (χ4n) is 1.93. The zero-order chi connectivity index (χ0) is 11.3. The number of hydrogen-bond acceptors (Lipinski definition) is 2. The van der Waals surface area contributed by atoms with Gasteiger partial charge in [0.25, 0.3) is 0 Å². The van der Waals surface area contributed by atoms with E-state index >= 15 is 0 Å². The largest absolute Gasteiger partial charge is 0.339 e. The molecule has 0 bridgehead atoms. The van der Waals surface area contributed by atoms with Crippen LogP contribution in [0.25, 0.3) is 0 Å². The minimum atomic E-state index is 0.152. The fraction of sp³-hybridized carbons (Fsp3) is 0.750. The van der Waals surface area contributed by atoms with Crippen LogP contribution in [-0.2, 0) is 4.79 Å². The van der Waals surface area contributed by atoms with E-state index in [9.17, 15) is 4.79 Å². The Labute approximate surface area is 92.7 Å². The third-order valence-corrected chi connectivity index (χ3v) is 3.00. The van der Waals surface area contributed by atoms with E-state index in [0.717, 1.165) is 44.6 Å². The van der Waals surface area contributed by atoms with E-state index < -0.39 is 0 Å². The molecular formula is C12H22N2O. The van der Waals surface area contributed by atoms with Crippen LogP contribution in [0.4, 0.5) is 0 Å². The molecule has 1 fully saturated rings. The lowest BCUT2D eigenvalue weighted by molar-refractivity contribution is -0.126. The van der Waals surface area contributed by atoms with Crippen LogP contribution in [0.15, 0.2) is 12.2 Å². The van der Waals surface area contributed by atoms with Crippen LogP contribution >= 0.6 is 0 Å². The Balaban J connectivity index is 2.41. The molecule has 0 N–H and O–H groups in total. The standard InChI is InChI=1S/C12H22N2O/c1-4-13(5-2)10-11(3)12(15)14-8-6-7-9-14/h3-10H2,1-2H3. The third-order valence-electron chi connectivity index (χ3n) is 3.00. The van der Waals surface area contributed by atoms with Gasteiger partial charge in [-0.1, -0.05) is 20.4 Å². The predicted octanol–water partition coefficient (Wildman–Crippen LogP) is 1.51. The lowest BCUT2D eigenvalue weighted by atomic mass is 10.2. The monoisotopic (exact) mass is 210 g/mol. The Kier molecular flexibility index (Phi) is 4.82. The molecule has 1 saturated heterocycles. The number of carbonyl (C=O) groups is 1. The van der Waals surface area contributed by atoms with Crippen LogP contribution in [0, 0.1) is 0 Å². The quantitative estimate of drug-likeness (QED) is 0.642. The van der Waals surface area contributed by atoms with E-state index in [1.54, 1.807) is 0 Å². The van der Waals surface area contributed by atoms with Gasteiger partial charge in [0.2, 0.25) is 5.91 Å². The van der Waals surface area contributed by atoms with Gasteiger partial charge >= 0.3 is 0 Å². The van der Waals surface area contributed by atoms with Crippen molar-refractivity contribution in [1.29, 1.82) is 0 Å². The molecule has 0 spiro atoms. The second-order valence-electron chi connectivity index (χ2n) is 4.06. The topological polar surface area (TPSA) is 23.6 Å². The van der Waals surface area contributed by atoms with E-state index in [2.05, 4.69) is 25.3 Å². The van der Waals surface area contributed by atoms with Gasteiger partial charge in [0.1, 0.15) is 0 Å². The summed E-state index contributed by atoms with van der Waals surface area (Å²) in [5.74, 6) is 0.152. The van der Waals surface area contributed by atoms with E-state index in [-0.39, 0.29) is 5.91 Å². The Bertz CT molecular complexity index is 228. The first kappa shape index (κ1) is 12.2. The smallest absolute Gasteiger partial charge is 0.250 e. The molecule has 0 aliphatic carbocycles. The first-order chi connectivity index (χ1) is 7.19. The maximum atomic E-state index is 11.9. The van der Waals surface area contributed by atoms with Gasteiger partial charge in [-0.25, -0.2) is 0 Å². The van der Waals surface area contributed by atoms with Crippen molar-refractivity contribution in [3.05, 3.63) is 12.2 Å². The number of likely N-dealkylation sites (tertiary alicyclic amines) is 1. The van der Waals surface area contributed by atoms with Crippen molar-refractivity contribution in [1.82, 2.24) is 9.80 Å². The molecule has 0 aromatic heterocycles. The van der Waals surface area contributed by atoms with E-state index in [0.29, 0.717) is 6.54 Å². The molecule has 0 atom stereocenters. The van der Waals surface area contributed by atoms with Crippen molar-refractivity contribution in [2.24, 2.45) is 0 Å².